The second kappa shape index (κ2) is 8.13. The molecule has 0 saturated carbocycles. The van der Waals surface area contributed by atoms with E-state index < -0.39 is 10.0 Å². The normalized spacial score (nSPS) is 11.2. The molecule has 0 spiro atoms. The zero-order valence-electron chi connectivity index (χ0n) is 15.0. The molecule has 0 bridgehead atoms. The van der Waals surface area contributed by atoms with Gasteiger partial charge in [0.25, 0.3) is 5.91 Å². The van der Waals surface area contributed by atoms with Gasteiger partial charge in [-0.3, -0.25) is 4.79 Å². The summed E-state index contributed by atoms with van der Waals surface area (Å²) >= 11 is 0. The van der Waals surface area contributed by atoms with Crippen LogP contribution in [0.2, 0.25) is 0 Å². The summed E-state index contributed by atoms with van der Waals surface area (Å²) in [5, 5.41) is 8.98. The molecule has 0 fully saturated rings. The van der Waals surface area contributed by atoms with Gasteiger partial charge in [-0.05, 0) is 42.5 Å². The Morgan fingerprint density at radius 2 is 1.69 bits per heavy atom. The minimum absolute atomic E-state index is 0.159. The van der Waals surface area contributed by atoms with Gasteiger partial charge in [0.15, 0.2) is 0 Å². The SMILES string of the molecule is CCN(CC)S(=O)(=O)c1ccc(C(=O)N(C)c2cccc(C#N)c2)cc1. The number of hydrogen-bond acceptors (Lipinski definition) is 4. The highest BCUT2D eigenvalue weighted by molar-refractivity contribution is 7.89. The van der Waals surface area contributed by atoms with Crippen LogP contribution in [-0.4, -0.2) is 38.8 Å². The minimum Gasteiger partial charge on any atom is -0.311 e. The summed E-state index contributed by atoms with van der Waals surface area (Å²) in [6.45, 7) is 4.33. The van der Waals surface area contributed by atoms with Gasteiger partial charge in [-0.15, -0.1) is 0 Å². The van der Waals surface area contributed by atoms with Crippen LogP contribution in [0.1, 0.15) is 29.8 Å². The molecule has 0 heterocycles. The molecule has 0 N–H and O–H groups in total. The molecule has 0 atom stereocenters. The summed E-state index contributed by atoms with van der Waals surface area (Å²) in [7, 11) is -1.94. The Labute approximate surface area is 154 Å². The summed E-state index contributed by atoms with van der Waals surface area (Å²) in [6, 6.07) is 14.7. The Balaban J connectivity index is 2.27. The Kier molecular flexibility index (Phi) is 6.14. The van der Waals surface area contributed by atoms with E-state index in [4.69, 9.17) is 5.26 Å². The van der Waals surface area contributed by atoms with Crippen LogP contribution in [0.15, 0.2) is 53.4 Å². The van der Waals surface area contributed by atoms with Crippen molar-refractivity contribution in [2.75, 3.05) is 25.0 Å². The summed E-state index contributed by atoms with van der Waals surface area (Å²) < 4.78 is 26.4. The number of hydrogen-bond donors (Lipinski definition) is 0. The van der Waals surface area contributed by atoms with E-state index in [1.54, 1.807) is 45.2 Å². The standard InChI is InChI=1S/C19H21N3O3S/c1-4-22(5-2)26(24,25)18-11-9-16(10-12-18)19(23)21(3)17-8-6-7-15(13-17)14-20/h6-13H,4-5H2,1-3H3. The maximum absolute atomic E-state index is 12.6. The summed E-state index contributed by atoms with van der Waals surface area (Å²) in [5.41, 5.74) is 1.42. The first-order valence-corrected chi connectivity index (χ1v) is 9.67. The van der Waals surface area contributed by atoms with E-state index in [0.717, 1.165) is 0 Å². The average molecular weight is 371 g/mol. The lowest BCUT2D eigenvalue weighted by atomic mass is 10.1. The first-order chi connectivity index (χ1) is 12.3. The Morgan fingerprint density at radius 1 is 1.08 bits per heavy atom. The van der Waals surface area contributed by atoms with Gasteiger partial charge in [0, 0.05) is 31.4 Å². The molecular formula is C19H21N3O3S. The summed E-state index contributed by atoms with van der Waals surface area (Å²) in [4.78, 5) is 14.2. The number of nitrogens with zero attached hydrogens (tertiary/aromatic N) is 3. The van der Waals surface area contributed by atoms with Crippen LogP contribution in [0.5, 0.6) is 0 Å². The lowest BCUT2D eigenvalue weighted by Crippen LogP contribution is -2.30. The minimum atomic E-state index is -3.55. The fraction of sp³-hybridized carbons (Fsp3) is 0.263. The fourth-order valence-corrected chi connectivity index (χ4v) is 4.04. The van der Waals surface area contributed by atoms with Crippen LogP contribution in [0, 0.1) is 11.3 Å². The number of amides is 1. The van der Waals surface area contributed by atoms with E-state index in [1.807, 2.05) is 6.07 Å². The average Bonchev–Trinajstić information content (AvgIpc) is 2.67. The molecular weight excluding hydrogens is 350 g/mol. The number of nitriles is 1. The van der Waals surface area contributed by atoms with Crippen molar-refractivity contribution in [3.8, 4) is 6.07 Å². The van der Waals surface area contributed by atoms with Gasteiger partial charge in [-0.1, -0.05) is 19.9 Å². The van der Waals surface area contributed by atoms with Crippen LogP contribution in [0.4, 0.5) is 5.69 Å². The lowest BCUT2D eigenvalue weighted by Gasteiger charge is -2.19. The van der Waals surface area contributed by atoms with E-state index in [-0.39, 0.29) is 10.8 Å². The molecule has 2 aromatic rings. The van der Waals surface area contributed by atoms with Crippen molar-refractivity contribution < 1.29 is 13.2 Å². The number of rotatable bonds is 6. The van der Waals surface area contributed by atoms with E-state index >= 15 is 0 Å². The quantitative estimate of drug-likeness (QED) is 0.782. The van der Waals surface area contributed by atoms with Crippen LogP contribution in [0.3, 0.4) is 0 Å². The lowest BCUT2D eigenvalue weighted by molar-refractivity contribution is 0.0993. The molecule has 6 nitrogen and oxygen atoms in total. The van der Waals surface area contributed by atoms with Crippen molar-refractivity contribution in [1.29, 1.82) is 5.26 Å². The highest BCUT2D eigenvalue weighted by Gasteiger charge is 2.22. The van der Waals surface area contributed by atoms with E-state index in [1.165, 1.54) is 33.5 Å². The van der Waals surface area contributed by atoms with Crippen molar-refractivity contribution in [2.45, 2.75) is 18.7 Å². The molecule has 0 aliphatic rings. The van der Waals surface area contributed by atoms with Crippen molar-refractivity contribution in [3.05, 3.63) is 59.7 Å². The zero-order chi connectivity index (χ0) is 19.3. The summed E-state index contributed by atoms with van der Waals surface area (Å²) in [5.74, 6) is -0.285. The molecule has 0 aliphatic heterocycles. The first-order valence-electron chi connectivity index (χ1n) is 8.23. The predicted octanol–water partition coefficient (Wildman–Crippen LogP) is 2.87. The smallest absolute Gasteiger partial charge is 0.258 e. The molecule has 2 rings (SSSR count). The molecule has 0 aromatic heterocycles. The molecule has 7 heteroatoms. The highest BCUT2D eigenvalue weighted by Crippen LogP contribution is 2.20. The molecule has 0 unspecified atom stereocenters. The van der Waals surface area contributed by atoms with Gasteiger partial charge in [0.05, 0.1) is 16.5 Å². The third kappa shape index (κ3) is 3.93. The second-order valence-corrected chi connectivity index (χ2v) is 7.58. The number of carbonyl (C=O) groups is 1. The Bertz CT molecular complexity index is 927. The van der Waals surface area contributed by atoms with Crippen molar-refractivity contribution in [2.24, 2.45) is 0 Å². The van der Waals surface area contributed by atoms with Crippen molar-refractivity contribution in [1.82, 2.24) is 4.31 Å². The molecule has 136 valence electrons. The van der Waals surface area contributed by atoms with Crippen molar-refractivity contribution in [3.63, 3.8) is 0 Å². The number of carbonyl (C=O) groups excluding carboxylic acids is 1. The number of benzene rings is 2. The van der Waals surface area contributed by atoms with Crippen LogP contribution < -0.4 is 4.90 Å². The van der Waals surface area contributed by atoms with Gasteiger partial charge in [-0.25, -0.2) is 8.42 Å². The Hall–Kier alpha value is -2.69. The summed E-state index contributed by atoms with van der Waals surface area (Å²) in [6.07, 6.45) is 0. The molecule has 1 amide bonds. The highest BCUT2D eigenvalue weighted by atomic mass is 32.2. The first kappa shape index (κ1) is 19.6. The zero-order valence-corrected chi connectivity index (χ0v) is 15.8. The largest absolute Gasteiger partial charge is 0.311 e. The number of anilines is 1. The fourth-order valence-electron chi connectivity index (χ4n) is 2.58. The van der Waals surface area contributed by atoms with Gasteiger partial charge < -0.3 is 4.90 Å². The van der Waals surface area contributed by atoms with Crippen LogP contribution in [0.25, 0.3) is 0 Å². The monoisotopic (exact) mass is 371 g/mol. The van der Waals surface area contributed by atoms with Crippen LogP contribution in [-0.2, 0) is 10.0 Å². The molecule has 2 aromatic carbocycles. The van der Waals surface area contributed by atoms with E-state index in [2.05, 4.69) is 0 Å². The topological polar surface area (TPSA) is 81.5 Å². The molecule has 26 heavy (non-hydrogen) atoms. The van der Waals surface area contributed by atoms with Crippen molar-refractivity contribution >= 4 is 21.6 Å². The van der Waals surface area contributed by atoms with Gasteiger partial charge >= 0.3 is 0 Å². The third-order valence-electron chi connectivity index (χ3n) is 4.11. The maximum Gasteiger partial charge on any atom is 0.258 e. The molecule has 0 saturated heterocycles. The van der Waals surface area contributed by atoms with Gasteiger partial charge in [0.2, 0.25) is 10.0 Å². The second-order valence-electron chi connectivity index (χ2n) is 5.64. The van der Waals surface area contributed by atoms with E-state index in [9.17, 15) is 13.2 Å². The number of sulfonamides is 1. The third-order valence-corrected chi connectivity index (χ3v) is 6.18. The maximum atomic E-state index is 12.6. The van der Waals surface area contributed by atoms with Crippen LogP contribution >= 0.6 is 0 Å². The molecule has 0 radical (unpaired) electrons. The van der Waals surface area contributed by atoms with Gasteiger partial charge in [-0.2, -0.15) is 9.57 Å². The van der Waals surface area contributed by atoms with E-state index in [0.29, 0.717) is 29.9 Å². The Morgan fingerprint density at radius 3 is 2.23 bits per heavy atom. The van der Waals surface area contributed by atoms with Gasteiger partial charge in [0.1, 0.15) is 0 Å². The molecule has 0 aliphatic carbocycles. The predicted molar refractivity (Wildman–Crippen MR) is 100 cm³/mol.